The molecule has 0 radical (unpaired) electrons. The van der Waals surface area contributed by atoms with E-state index in [2.05, 4.69) is 10.3 Å². The quantitative estimate of drug-likeness (QED) is 0.672. The standard InChI is InChI=1S/C10H12N4O5S/c1-10(5-13-3-2-11-12-13)8(9(16)17)14-6(15)4-7(14)20(10,18)19/h2-3,7-8H,4-5H2,1H3,(H,16,17)/t7-,8+,10?/m0/s1. The van der Waals surface area contributed by atoms with Crippen molar-refractivity contribution in [3.63, 3.8) is 0 Å². The van der Waals surface area contributed by atoms with Crippen LogP contribution >= 0.6 is 0 Å². The highest BCUT2D eigenvalue weighted by molar-refractivity contribution is 7.93. The second-order valence-corrected chi connectivity index (χ2v) is 7.73. The van der Waals surface area contributed by atoms with Gasteiger partial charge in [0.25, 0.3) is 0 Å². The van der Waals surface area contributed by atoms with Crippen LogP contribution in [0.2, 0.25) is 0 Å². The molecule has 3 heterocycles. The number of aliphatic carboxylic acids is 1. The number of nitrogens with zero attached hydrogens (tertiary/aromatic N) is 4. The van der Waals surface area contributed by atoms with E-state index in [1.807, 2.05) is 0 Å². The fourth-order valence-electron chi connectivity index (χ4n) is 2.93. The second kappa shape index (κ2) is 3.78. The van der Waals surface area contributed by atoms with Gasteiger partial charge in [0.15, 0.2) is 15.9 Å². The van der Waals surface area contributed by atoms with Crippen LogP contribution in [-0.4, -0.2) is 61.5 Å². The number of fused-ring (bicyclic) bond motifs is 1. The van der Waals surface area contributed by atoms with Gasteiger partial charge in [-0.05, 0) is 6.92 Å². The van der Waals surface area contributed by atoms with E-state index in [1.54, 1.807) is 0 Å². The molecule has 1 unspecified atom stereocenters. The van der Waals surface area contributed by atoms with Gasteiger partial charge in [0.1, 0.15) is 10.1 Å². The molecule has 2 aliphatic heterocycles. The Balaban J connectivity index is 2.10. The van der Waals surface area contributed by atoms with Crippen LogP contribution < -0.4 is 0 Å². The average molecular weight is 300 g/mol. The Bertz CT molecular complexity index is 685. The number of carbonyl (C=O) groups excluding carboxylic acids is 1. The zero-order valence-electron chi connectivity index (χ0n) is 10.5. The molecule has 1 aromatic heterocycles. The Morgan fingerprint density at radius 3 is 2.80 bits per heavy atom. The van der Waals surface area contributed by atoms with Gasteiger partial charge in [-0.1, -0.05) is 5.21 Å². The fourth-order valence-corrected chi connectivity index (χ4v) is 5.29. The topological polar surface area (TPSA) is 122 Å². The average Bonchev–Trinajstić information content (AvgIpc) is 2.87. The van der Waals surface area contributed by atoms with Crippen molar-refractivity contribution in [1.29, 1.82) is 0 Å². The Morgan fingerprint density at radius 2 is 2.30 bits per heavy atom. The monoisotopic (exact) mass is 300 g/mol. The summed E-state index contributed by atoms with van der Waals surface area (Å²) in [4.78, 5) is 24.0. The molecule has 0 aliphatic carbocycles. The maximum Gasteiger partial charge on any atom is 0.328 e. The van der Waals surface area contributed by atoms with Crippen LogP contribution in [0.15, 0.2) is 12.4 Å². The summed E-state index contributed by atoms with van der Waals surface area (Å²) in [7, 11) is -3.80. The number of carbonyl (C=O) groups is 2. The first-order chi connectivity index (χ1) is 9.29. The first-order valence-electron chi connectivity index (χ1n) is 5.90. The largest absolute Gasteiger partial charge is 0.480 e. The molecule has 1 N–H and O–H groups in total. The van der Waals surface area contributed by atoms with Gasteiger partial charge in [0, 0.05) is 6.20 Å². The van der Waals surface area contributed by atoms with E-state index in [1.165, 1.54) is 24.0 Å². The minimum Gasteiger partial charge on any atom is -0.480 e. The van der Waals surface area contributed by atoms with Crippen LogP contribution in [-0.2, 0) is 26.0 Å². The van der Waals surface area contributed by atoms with Crippen molar-refractivity contribution >= 4 is 21.7 Å². The van der Waals surface area contributed by atoms with Crippen molar-refractivity contribution < 1.29 is 23.1 Å². The summed E-state index contributed by atoms with van der Waals surface area (Å²) >= 11 is 0. The molecule has 0 bridgehead atoms. The highest BCUT2D eigenvalue weighted by Crippen LogP contribution is 2.46. The third-order valence-electron chi connectivity index (χ3n) is 3.99. The Labute approximate surface area is 114 Å². The molecule has 1 amide bonds. The summed E-state index contributed by atoms with van der Waals surface area (Å²) in [6.07, 6.45) is 2.68. The predicted molar refractivity (Wildman–Crippen MR) is 64.0 cm³/mol. The SMILES string of the molecule is CC1(Cn2ccnn2)[C@@H](C(=O)O)N2C(=O)C[C@@H]2S1(=O)=O. The molecule has 0 aromatic carbocycles. The number of sulfone groups is 1. The van der Waals surface area contributed by atoms with Crippen molar-refractivity contribution in [3.05, 3.63) is 12.4 Å². The number of carboxylic acid groups (broad SMARTS) is 1. The van der Waals surface area contributed by atoms with E-state index >= 15 is 0 Å². The third kappa shape index (κ3) is 1.39. The molecule has 0 spiro atoms. The normalized spacial score (nSPS) is 34.6. The molecule has 3 atom stereocenters. The van der Waals surface area contributed by atoms with Gasteiger partial charge >= 0.3 is 5.97 Å². The molecule has 20 heavy (non-hydrogen) atoms. The predicted octanol–water partition coefficient (Wildman–Crippen LogP) is -1.52. The fraction of sp³-hybridized carbons (Fsp3) is 0.600. The minimum atomic E-state index is -3.80. The van der Waals surface area contributed by atoms with Crippen molar-refractivity contribution in [1.82, 2.24) is 19.9 Å². The van der Waals surface area contributed by atoms with Crippen LogP contribution in [0.3, 0.4) is 0 Å². The molecule has 108 valence electrons. The maximum atomic E-state index is 12.5. The lowest BCUT2D eigenvalue weighted by molar-refractivity contribution is -0.157. The van der Waals surface area contributed by atoms with Crippen LogP contribution in [0.25, 0.3) is 0 Å². The zero-order valence-corrected chi connectivity index (χ0v) is 11.3. The van der Waals surface area contributed by atoms with E-state index < -0.39 is 37.9 Å². The first kappa shape index (κ1) is 13.0. The van der Waals surface area contributed by atoms with Gasteiger partial charge in [0.05, 0.1) is 19.2 Å². The Hall–Kier alpha value is -1.97. The highest BCUT2D eigenvalue weighted by Gasteiger charge is 2.70. The van der Waals surface area contributed by atoms with Gasteiger partial charge in [-0.2, -0.15) is 0 Å². The van der Waals surface area contributed by atoms with Gasteiger partial charge in [-0.3, -0.25) is 9.48 Å². The molecule has 0 saturated carbocycles. The molecule has 3 rings (SSSR count). The van der Waals surface area contributed by atoms with Gasteiger partial charge in [-0.15, -0.1) is 5.10 Å². The van der Waals surface area contributed by atoms with Crippen molar-refractivity contribution in [2.24, 2.45) is 0 Å². The molecular weight excluding hydrogens is 288 g/mol. The Morgan fingerprint density at radius 1 is 1.60 bits per heavy atom. The van der Waals surface area contributed by atoms with E-state index in [0.717, 1.165) is 4.90 Å². The summed E-state index contributed by atoms with van der Waals surface area (Å²) in [6.45, 7) is 1.18. The summed E-state index contributed by atoms with van der Waals surface area (Å²) < 4.78 is 24.7. The lowest BCUT2D eigenvalue weighted by Gasteiger charge is -2.35. The first-order valence-corrected chi connectivity index (χ1v) is 7.45. The van der Waals surface area contributed by atoms with E-state index in [0.29, 0.717) is 0 Å². The molecule has 2 fully saturated rings. The molecule has 1 aromatic rings. The molecule has 10 heteroatoms. The summed E-state index contributed by atoms with van der Waals surface area (Å²) in [5.41, 5.74) is 0. The third-order valence-corrected chi connectivity index (χ3v) is 6.76. The highest BCUT2D eigenvalue weighted by atomic mass is 32.2. The van der Waals surface area contributed by atoms with Crippen molar-refractivity contribution in [2.75, 3.05) is 0 Å². The Kier molecular flexibility index (Phi) is 2.46. The van der Waals surface area contributed by atoms with E-state index in [-0.39, 0.29) is 13.0 Å². The molecule has 9 nitrogen and oxygen atoms in total. The number of carboxylic acids is 1. The van der Waals surface area contributed by atoms with E-state index in [4.69, 9.17) is 0 Å². The van der Waals surface area contributed by atoms with Crippen LogP contribution in [0.4, 0.5) is 0 Å². The van der Waals surface area contributed by atoms with Gasteiger partial charge in [-0.25, -0.2) is 13.2 Å². The number of hydrogen-bond donors (Lipinski definition) is 1. The lowest BCUT2D eigenvalue weighted by atomic mass is 9.96. The molecule has 2 aliphatic rings. The number of rotatable bonds is 3. The van der Waals surface area contributed by atoms with Crippen LogP contribution in [0, 0.1) is 0 Å². The summed E-state index contributed by atoms with van der Waals surface area (Å²) in [5.74, 6) is -1.78. The number of β-lactam (4-membered cyclic amide) rings is 1. The number of amides is 1. The maximum absolute atomic E-state index is 12.5. The molecule has 2 saturated heterocycles. The minimum absolute atomic E-state index is 0.154. The number of hydrogen-bond acceptors (Lipinski definition) is 6. The summed E-state index contributed by atoms with van der Waals surface area (Å²) in [5, 5.41) is 15.6. The van der Waals surface area contributed by atoms with Crippen molar-refractivity contribution in [3.8, 4) is 0 Å². The molecular formula is C10H12N4O5S. The zero-order chi connectivity index (χ0) is 14.7. The van der Waals surface area contributed by atoms with Gasteiger partial charge in [0.2, 0.25) is 5.91 Å². The number of aromatic nitrogens is 3. The van der Waals surface area contributed by atoms with Crippen LogP contribution in [0.5, 0.6) is 0 Å². The van der Waals surface area contributed by atoms with E-state index in [9.17, 15) is 23.1 Å². The second-order valence-electron chi connectivity index (χ2n) is 5.16. The smallest absolute Gasteiger partial charge is 0.328 e. The summed E-state index contributed by atoms with van der Waals surface area (Å²) in [6, 6.07) is -1.40. The van der Waals surface area contributed by atoms with Crippen molar-refractivity contribution in [2.45, 2.75) is 36.1 Å². The lowest BCUT2D eigenvalue weighted by Crippen LogP contribution is -2.58. The van der Waals surface area contributed by atoms with Crippen LogP contribution in [0.1, 0.15) is 13.3 Å². The van der Waals surface area contributed by atoms with Gasteiger partial charge < -0.3 is 10.0 Å².